The molecule has 0 bridgehead atoms. The number of esters is 2. The van der Waals surface area contributed by atoms with Crippen LogP contribution in [0.3, 0.4) is 0 Å². The average Bonchev–Trinajstić information content (AvgIpc) is 3.42. The standard InChI is InChI=1S/C70H117NO8/c1-6-8-10-12-14-16-18-20-22-24-26-28-29-30-31-32-33-34-35-36-37-38-39-41-43-45-47-49-51-53-55-57-59-61-68(73)79-66(65-78-70(69(74)75)76-63-62-71(3,4)5)64-77-67(72)60-58-56-54-52-50-48-46-44-42-40-27-25-23-21-19-17-15-13-11-9-7-2/h8-11,14-17,20-23,26-28,30-31,40,44,46,66,70H,6-7,12-13,18-19,24-25,29,32-39,41-43,45,47-65H2,1-5H3/p+1/b10-8-,11-9-,16-14-,17-15-,22-20-,23-21-,28-26-,31-30-,40-27-,46-44-. The Morgan fingerprint density at radius 3 is 1.01 bits per heavy atom. The summed E-state index contributed by atoms with van der Waals surface area (Å²) in [6.07, 6.45) is 81.5. The van der Waals surface area contributed by atoms with Gasteiger partial charge in [0.05, 0.1) is 34.4 Å². The number of allylic oxidation sites excluding steroid dienone is 20. The van der Waals surface area contributed by atoms with Crippen molar-refractivity contribution in [3.05, 3.63) is 122 Å². The van der Waals surface area contributed by atoms with Crippen molar-refractivity contribution in [2.75, 3.05) is 47.5 Å². The van der Waals surface area contributed by atoms with Gasteiger partial charge in [0.2, 0.25) is 0 Å². The molecular formula is C70H118NO8+. The van der Waals surface area contributed by atoms with E-state index in [0.717, 1.165) is 116 Å². The van der Waals surface area contributed by atoms with Crippen LogP contribution >= 0.6 is 0 Å². The van der Waals surface area contributed by atoms with Crippen molar-refractivity contribution in [3.63, 3.8) is 0 Å². The van der Waals surface area contributed by atoms with Crippen LogP contribution in [0.4, 0.5) is 0 Å². The highest BCUT2D eigenvalue weighted by Gasteiger charge is 2.25. The van der Waals surface area contributed by atoms with Crippen molar-refractivity contribution < 1.29 is 42.9 Å². The fraction of sp³-hybridized carbons (Fsp3) is 0.671. The second-order valence-corrected chi connectivity index (χ2v) is 22.0. The lowest BCUT2D eigenvalue weighted by molar-refractivity contribution is -0.870. The van der Waals surface area contributed by atoms with Gasteiger partial charge in [-0.15, -0.1) is 0 Å². The van der Waals surface area contributed by atoms with E-state index in [1.165, 1.54) is 96.3 Å². The Morgan fingerprint density at radius 1 is 0.380 bits per heavy atom. The lowest BCUT2D eigenvalue weighted by Gasteiger charge is -2.25. The highest BCUT2D eigenvalue weighted by Crippen LogP contribution is 2.16. The van der Waals surface area contributed by atoms with E-state index < -0.39 is 24.3 Å². The molecule has 9 heteroatoms. The summed E-state index contributed by atoms with van der Waals surface area (Å²) in [7, 11) is 5.96. The van der Waals surface area contributed by atoms with Crippen LogP contribution in [0, 0.1) is 0 Å². The second kappa shape index (κ2) is 59.8. The van der Waals surface area contributed by atoms with Crippen LogP contribution in [-0.2, 0) is 33.3 Å². The van der Waals surface area contributed by atoms with Crippen molar-refractivity contribution in [2.45, 2.75) is 257 Å². The zero-order valence-corrected chi connectivity index (χ0v) is 51.2. The molecule has 0 spiro atoms. The van der Waals surface area contributed by atoms with Gasteiger partial charge >= 0.3 is 17.9 Å². The number of hydrogen-bond donors (Lipinski definition) is 1. The number of quaternary nitrogens is 1. The lowest BCUT2D eigenvalue weighted by atomic mass is 10.0. The minimum absolute atomic E-state index is 0.179. The van der Waals surface area contributed by atoms with E-state index >= 15 is 0 Å². The summed E-state index contributed by atoms with van der Waals surface area (Å²) in [5, 5.41) is 9.72. The number of aliphatic carboxylic acids is 1. The van der Waals surface area contributed by atoms with Gasteiger partial charge in [-0.2, -0.15) is 0 Å². The monoisotopic (exact) mass is 1100 g/mol. The molecule has 0 rings (SSSR count). The molecule has 2 unspecified atom stereocenters. The molecule has 1 N–H and O–H groups in total. The summed E-state index contributed by atoms with van der Waals surface area (Å²) < 4.78 is 22.9. The number of carbonyl (C=O) groups is 3. The first-order valence-corrected chi connectivity index (χ1v) is 31.7. The summed E-state index contributed by atoms with van der Waals surface area (Å²) in [5.74, 6) is -2.03. The highest BCUT2D eigenvalue weighted by atomic mass is 16.7. The van der Waals surface area contributed by atoms with Gasteiger partial charge in [0.1, 0.15) is 13.2 Å². The number of nitrogens with zero attached hydrogens (tertiary/aromatic N) is 1. The van der Waals surface area contributed by atoms with E-state index in [2.05, 4.69) is 135 Å². The molecule has 0 aliphatic heterocycles. The molecule has 0 radical (unpaired) electrons. The fourth-order valence-electron chi connectivity index (χ4n) is 8.42. The molecule has 2 atom stereocenters. The molecular weight excluding hydrogens is 983 g/mol. The fourth-order valence-corrected chi connectivity index (χ4v) is 8.42. The van der Waals surface area contributed by atoms with Crippen LogP contribution < -0.4 is 0 Å². The summed E-state index contributed by atoms with van der Waals surface area (Å²) >= 11 is 0. The summed E-state index contributed by atoms with van der Waals surface area (Å²) in [6.45, 7) is 4.63. The van der Waals surface area contributed by atoms with Crippen molar-refractivity contribution in [2.24, 2.45) is 0 Å². The van der Waals surface area contributed by atoms with Gasteiger partial charge in [-0.05, 0) is 103 Å². The molecule has 0 aliphatic carbocycles. The summed E-state index contributed by atoms with van der Waals surface area (Å²) in [6, 6.07) is 0. The number of rotatable bonds is 57. The molecule has 0 amide bonds. The molecule has 0 fully saturated rings. The Labute approximate surface area is 485 Å². The summed E-state index contributed by atoms with van der Waals surface area (Å²) in [5.41, 5.74) is 0. The maximum atomic E-state index is 12.9. The van der Waals surface area contributed by atoms with Gasteiger partial charge in [0.15, 0.2) is 6.10 Å². The Bertz CT molecular complexity index is 1710. The number of carboxylic acid groups (broad SMARTS) is 1. The lowest BCUT2D eigenvalue weighted by Crippen LogP contribution is -2.40. The van der Waals surface area contributed by atoms with Crippen LogP contribution in [0.15, 0.2) is 122 Å². The van der Waals surface area contributed by atoms with E-state index in [-0.39, 0.29) is 38.6 Å². The van der Waals surface area contributed by atoms with E-state index in [0.29, 0.717) is 17.4 Å². The molecule has 0 saturated heterocycles. The number of carbonyl (C=O) groups excluding carboxylic acids is 2. The largest absolute Gasteiger partial charge is 0.477 e. The molecule has 0 aromatic rings. The predicted octanol–water partition coefficient (Wildman–Crippen LogP) is 19.2. The van der Waals surface area contributed by atoms with Gasteiger partial charge < -0.3 is 28.5 Å². The normalized spacial score (nSPS) is 13.6. The third-order valence-corrected chi connectivity index (χ3v) is 13.2. The number of unbranched alkanes of at least 4 members (excludes halogenated alkanes) is 22. The first-order chi connectivity index (χ1) is 38.6. The number of hydrogen-bond acceptors (Lipinski definition) is 7. The van der Waals surface area contributed by atoms with E-state index in [1.807, 2.05) is 21.1 Å². The topological polar surface area (TPSA) is 108 Å². The van der Waals surface area contributed by atoms with Gasteiger partial charge in [-0.1, -0.05) is 251 Å². The minimum atomic E-state index is -1.52. The van der Waals surface area contributed by atoms with Crippen molar-refractivity contribution in [1.82, 2.24) is 0 Å². The zero-order valence-electron chi connectivity index (χ0n) is 51.2. The first kappa shape index (κ1) is 74.7. The SMILES string of the molecule is CC/C=C\C/C=C\C/C=C\C/C=C\C/C=C\CCCCCCCCCCCCCCCCCCCC(=O)OC(COC(=O)CCCCCCC/C=C\C/C=C\C/C=C\C/C=C\C/C=C\CC)COC(OCC[N+](C)(C)C)C(=O)O. The van der Waals surface area contributed by atoms with Crippen LogP contribution in [0.1, 0.15) is 245 Å². The molecule has 9 nitrogen and oxygen atoms in total. The number of likely N-dealkylation sites (N-methyl/N-ethyl adjacent to an activating group) is 1. The molecule has 0 aliphatic rings. The third-order valence-electron chi connectivity index (χ3n) is 13.2. The highest BCUT2D eigenvalue weighted by molar-refractivity contribution is 5.71. The van der Waals surface area contributed by atoms with Crippen LogP contribution in [-0.4, -0.2) is 87.4 Å². The molecule has 0 heterocycles. The molecule has 450 valence electrons. The molecule has 0 saturated carbocycles. The van der Waals surface area contributed by atoms with Gasteiger partial charge in [0.25, 0.3) is 6.29 Å². The molecule has 79 heavy (non-hydrogen) atoms. The molecule has 0 aromatic heterocycles. The second-order valence-electron chi connectivity index (χ2n) is 22.0. The minimum Gasteiger partial charge on any atom is -0.477 e. The Hall–Kier alpha value is -4.31. The van der Waals surface area contributed by atoms with E-state index in [9.17, 15) is 19.5 Å². The Kier molecular flexibility index (Phi) is 56.5. The Morgan fingerprint density at radius 2 is 0.684 bits per heavy atom. The third kappa shape index (κ3) is 61.2. The predicted molar refractivity (Wildman–Crippen MR) is 336 cm³/mol. The first-order valence-electron chi connectivity index (χ1n) is 31.7. The maximum absolute atomic E-state index is 12.9. The smallest absolute Gasteiger partial charge is 0.361 e. The average molecular weight is 1100 g/mol. The van der Waals surface area contributed by atoms with E-state index in [4.69, 9.17) is 18.9 Å². The zero-order chi connectivity index (χ0) is 57.6. The number of ether oxygens (including phenoxy) is 4. The van der Waals surface area contributed by atoms with Crippen molar-refractivity contribution in [3.8, 4) is 0 Å². The van der Waals surface area contributed by atoms with Gasteiger partial charge in [-0.3, -0.25) is 9.59 Å². The summed E-state index contributed by atoms with van der Waals surface area (Å²) in [4.78, 5) is 37.5. The van der Waals surface area contributed by atoms with Crippen LogP contribution in [0.5, 0.6) is 0 Å². The van der Waals surface area contributed by atoms with E-state index in [1.54, 1.807) is 0 Å². The van der Waals surface area contributed by atoms with Crippen LogP contribution in [0.25, 0.3) is 0 Å². The van der Waals surface area contributed by atoms with Gasteiger partial charge in [0, 0.05) is 12.8 Å². The Balaban J connectivity index is 4.18. The number of carboxylic acids is 1. The quantitative estimate of drug-likeness (QED) is 0.0211. The van der Waals surface area contributed by atoms with Crippen molar-refractivity contribution >= 4 is 17.9 Å². The maximum Gasteiger partial charge on any atom is 0.361 e. The molecule has 0 aromatic carbocycles. The van der Waals surface area contributed by atoms with Gasteiger partial charge in [-0.25, -0.2) is 4.79 Å². The van der Waals surface area contributed by atoms with Crippen LogP contribution in [0.2, 0.25) is 0 Å². The van der Waals surface area contributed by atoms with Crippen molar-refractivity contribution in [1.29, 1.82) is 0 Å².